The van der Waals surface area contributed by atoms with E-state index < -0.39 is 0 Å². The molecule has 0 bridgehead atoms. The van der Waals surface area contributed by atoms with Crippen molar-refractivity contribution < 1.29 is 4.74 Å². The second-order valence-corrected chi connectivity index (χ2v) is 6.04. The molecule has 2 rings (SSSR count). The van der Waals surface area contributed by atoms with E-state index in [1.807, 2.05) is 31.5 Å². The lowest BCUT2D eigenvalue weighted by Gasteiger charge is -2.18. The summed E-state index contributed by atoms with van der Waals surface area (Å²) in [5, 5.41) is 3.42. The number of halogens is 1. The average molecular weight is 349 g/mol. The molecule has 1 aromatic heterocycles. The first-order chi connectivity index (χ1) is 10.1. The lowest BCUT2D eigenvalue weighted by atomic mass is 10.1. The van der Waals surface area contributed by atoms with E-state index >= 15 is 0 Å². The van der Waals surface area contributed by atoms with Gasteiger partial charge in [0.15, 0.2) is 0 Å². The summed E-state index contributed by atoms with van der Waals surface area (Å²) in [4.78, 5) is 4.20. The first kappa shape index (κ1) is 16.0. The number of benzene rings is 1. The molecule has 0 saturated heterocycles. The van der Waals surface area contributed by atoms with Crippen LogP contribution in [0.3, 0.4) is 0 Å². The molecule has 21 heavy (non-hydrogen) atoms. The fourth-order valence-electron chi connectivity index (χ4n) is 2.26. The Balaban J connectivity index is 2.16. The maximum absolute atomic E-state index is 6.02. The molecule has 2 aromatic rings. The third kappa shape index (κ3) is 4.55. The van der Waals surface area contributed by atoms with Crippen molar-refractivity contribution in [1.29, 1.82) is 0 Å². The molecule has 1 N–H and O–H groups in total. The van der Waals surface area contributed by atoms with E-state index in [9.17, 15) is 0 Å². The van der Waals surface area contributed by atoms with Crippen LogP contribution in [0.25, 0.3) is 0 Å². The van der Waals surface area contributed by atoms with E-state index in [-0.39, 0.29) is 6.04 Å². The number of nitrogens with one attached hydrogen (secondary N) is 1. The Morgan fingerprint density at radius 2 is 2.10 bits per heavy atom. The number of ether oxygens (including phenoxy) is 1. The van der Waals surface area contributed by atoms with Gasteiger partial charge in [0.25, 0.3) is 0 Å². The van der Waals surface area contributed by atoms with Crippen LogP contribution < -0.4 is 10.1 Å². The normalized spacial score (nSPS) is 12.2. The summed E-state index contributed by atoms with van der Waals surface area (Å²) in [5.41, 5.74) is 3.39. The second kappa shape index (κ2) is 7.57. The molecule has 1 aromatic carbocycles. The highest BCUT2D eigenvalue weighted by Gasteiger charge is 2.11. The minimum absolute atomic E-state index is 0.258. The van der Waals surface area contributed by atoms with Crippen LogP contribution in [0.4, 0.5) is 0 Å². The van der Waals surface area contributed by atoms with Crippen LogP contribution in [0, 0.1) is 6.92 Å². The third-order valence-electron chi connectivity index (χ3n) is 3.28. The van der Waals surface area contributed by atoms with Gasteiger partial charge >= 0.3 is 0 Å². The topological polar surface area (TPSA) is 34.1 Å². The summed E-state index contributed by atoms with van der Waals surface area (Å²) < 4.78 is 7.04. The van der Waals surface area contributed by atoms with Crippen LogP contribution in [0.15, 0.2) is 41.1 Å². The monoisotopic (exact) mass is 348 g/mol. The van der Waals surface area contributed by atoms with E-state index in [4.69, 9.17) is 4.74 Å². The largest absolute Gasteiger partial charge is 0.488 e. The molecule has 1 heterocycles. The van der Waals surface area contributed by atoms with Gasteiger partial charge < -0.3 is 10.1 Å². The summed E-state index contributed by atoms with van der Waals surface area (Å²) in [6.07, 6.45) is 3.69. The zero-order chi connectivity index (χ0) is 15.2. The highest BCUT2D eigenvalue weighted by Crippen LogP contribution is 2.29. The number of aryl methyl sites for hydroxylation is 1. The molecule has 0 radical (unpaired) electrons. The van der Waals surface area contributed by atoms with Gasteiger partial charge in [0, 0.05) is 34.0 Å². The standard InChI is InChI=1S/C17H21BrN2O/c1-4-20-13(3)16-6-5-15(18)8-17(16)21-11-14-7-12(2)9-19-10-14/h5-10,13,20H,4,11H2,1-3H3. The van der Waals surface area contributed by atoms with Crippen molar-refractivity contribution in [1.82, 2.24) is 10.3 Å². The Kier molecular flexibility index (Phi) is 5.76. The van der Waals surface area contributed by atoms with Gasteiger partial charge in [0.2, 0.25) is 0 Å². The van der Waals surface area contributed by atoms with E-state index in [0.29, 0.717) is 6.61 Å². The van der Waals surface area contributed by atoms with Gasteiger partial charge in [0.05, 0.1) is 0 Å². The summed E-state index contributed by atoms with van der Waals surface area (Å²) in [7, 11) is 0. The summed E-state index contributed by atoms with van der Waals surface area (Å²) >= 11 is 3.51. The molecule has 0 aliphatic rings. The molecular weight excluding hydrogens is 328 g/mol. The van der Waals surface area contributed by atoms with Crippen molar-refractivity contribution >= 4 is 15.9 Å². The molecule has 0 aliphatic heterocycles. The number of nitrogens with zero attached hydrogens (tertiary/aromatic N) is 1. The van der Waals surface area contributed by atoms with Crippen LogP contribution in [-0.2, 0) is 6.61 Å². The van der Waals surface area contributed by atoms with Crippen LogP contribution in [0.1, 0.15) is 36.6 Å². The summed E-state index contributed by atoms with van der Waals surface area (Å²) in [6.45, 7) is 7.74. The van der Waals surface area contributed by atoms with Crippen LogP contribution >= 0.6 is 15.9 Å². The molecular formula is C17H21BrN2O. The molecule has 0 fully saturated rings. The van der Waals surface area contributed by atoms with Gasteiger partial charge in [-0.1, -0.05) is 28.9 Å². The van der Waals surface area contributed by atoms with E-state index in [1.54, 1.807) is 0 Å². The molecule has 0 spiro atoms. The van der Waals surface area contributed by atoms with Crippen LogP contribution in [0.5, 0.6) is 5.75 Å². The van der Waals surface area contributed by atoms with Crippen molar-refractivity contribution in [3.8, 4) is 5.75 Å². The zero-order valence-electron chi connectivity index (χ0n) is 12.7. The van der Waals surface area contributed by atoms with Gasteiger partial charge in [-0.15, -0.1) is 0 Å². The minimum atomic E-state index is 0.258. The van der Waals surface area contributed by atoms with Crippen molar-refractivity contribution in [2.24, 2.45) is 0 Å². The predicted molar refractivity (Wildman–Crippen MR) is 89.5 cm³/mol. The van der Waals surface area contributed by atoms with Crippen LogP contribution in [-0.4, -0.2) is 11.5 Å². The SMILES string of the molecule is CCNC(C)c1ccc(Br)cc1OCc1cncc(C)c1. The van der Waals surface area contributed by atoms with E-state index in [0.717, 1.165) is 27.9 Å². The lowest BCUT2D eigenvalue weighted by molar-refractivity contribution is 0.299. The number of hydrogen-bond acceptors (Lipinski definition) is 3. The quantitative estimate of drug-likeness (QED) is 0.839. The van der Waals surface area contributed by atoms with Crippen molar-refractivity contribution in [3.05, 3.63) is 57.8 Å². The van der Waals surface area contributed by atoms with Gasteiger partial charge in [0.1, 0.15) is 12.4 Å². The maximum Gasteiger partial charge on any atom is 0.125 e. The van der Waals surface area contributed by atoms with Gasteiger partial charge in [-0.25, -0.2) is 0 Å². The van der Waals surface area contributed by atoms with Crippen molar-refractivity contribution in [2.75, 3.05) is 6.54 Å². The Labute approximate surface area is 134 Å². The fraction of sp³-hybridized carbons (Fsp3) is 0.353. The highest BCUT2D eigenvalue weighted by molar-refractivity contribution is 9.10. The minimum Gasteiger partial charge on any atom is -0.488 e. The van der Waals surface area contributed by atoms with Gasteiger partial charge in [-0.05, 0) is 44.2 Å². The smallest absolute Gasteiger partial charge is 0.125 e. The molecule has 112 valence electrons. The maximum atomic E-state index is 6.02. The molecule has 0 amide bonds. The first-order valence-electron chi connectivity index (χ1n) is 7.16. The summed E-state index contributed by atoms with van der Waals surface area (Å²) in [6, 6.07) is 8.52. The van der Waals surface area contributed by atoms with E-state index in [1.165, 1.54) is 5.56 Å². The average Bonchev–Trinajstić information content (AvgIpc) is 2.45. The second-order valence-electron chi connectivity index (χ2n) is 5.12. The van der Waals surface area contributed by atoms with E-state index in [2.05, 4.69) is 52.2 Å². The third-order valence-corrected chi connectivity index (χ3v) is 3.77. The Bertz CT molecular complexity index is 601. The Morgan fingerprint density at radius 1 is 1.29 bits per heavy atom. The number of rotatable bonds is 6. The molecule has 1 unspecified atom stereocenters. The van der Waals surface area contributed by atoms with Crippen molar-refractivity contribution in [2.45, 2.75) is 33.4 Å². The Morgan fingerprint density at radius 3 is 2.81 bits per heavy atom. The molecule has 0 saturated carbocycles. The Hall–Kier alpha value is -1.39. The summed E-state index contributed by atoms with van der Waals surface area (Å²) in [5.74, 6) is 0.902. The molecule has 4 heteroatoms. The predicted octanol–water partition coefficient (Wildman–Crippen LogP) is 4.40. The zero-order valence-corrected chi connectivity index (χ0v) is 14.3. The number of pyridine rings is 1. The van der Waals surface area contributed by atoms with Crippen LogP contribution in [0.2, 0.25) is 0 Å². The first-order valence-corrected chi connectivity index (χ1v) is 7.95. The number of aromatic nitrogens is 1. The van der Waals surface area contributed by atoms with Gasteiger partial charge in [-0.3, -0.25) is 4.98 Å². The fourth-order valence-corrected chi connectivity index (χ4v) is 2.60. The highest BCUT2D eigenvalue weighted by atomic mass is 79.9. The lowest BCUT2D eigenvalue weighted by Crippen LogP contribution is -2.18. The molecule has 1 atom stereocenters. The molecule has 0 aliphatic carbocycles. The van der Waals surface area contributed by atoms with Crippen molar-refractivity contribution in [3.63, 3.8) is 0 Å². The number of hydrogen-bond donors (Lipinski definition) is 1. The molecule has 3 nitrogen and oxygen atoms in total. The van der Waals surface area contributed by atoms with Gasteiger partial charge in [-0.2, -0.15) is 0 Å².